The lowest BCUT2D eigenvalue weighted by molar-refractivity contribution is 1.26. The van der Waals surface area contributed by atoms with Crippen LogP contribution in [0.15, 0.2) is 205 Å². The number of aliphatic imine (C=N–C) groups is 2. The fourth-order valence-electron chi connectivity index (χ4n) is 7.62. The third kappa shape index (κ3) is 6.58. The Morgan fingerprint density at radius 2 is 0.700 bits per heavy atom. The van der Waals surface area contributed by atoms with Crippen LogP contribution in [0.25, 0.3) is 66.8 Å². The Morgan fingerprint density at radius 3 is 1.12 bits per heavy atom. The van der Waals surface area contributed by atoms with Gasteiger partial charge in [0.15, 0.2) is 0 Å². The third-order valence-corrected chi connectivity index (χ3v) is 10.6. The van der Waals surface area contributed by atoms with E-state index in [1.807, 2.05) is 109 Å². The normalized spacial score (nSPS) is 12.2. The minimum absolute atomic E-state index is 0.683. The maximum absolute atomic E-state index is 5.48. The number of para-hydroxylation sites is 2. The summed E-state index contributed by atoms with van der Waals surface area (Å²) in [5.74, 6) is 0. The molecule has 7 heterocycles. The molecule has 0 saturated carbocycles. The molecule has 1 aliphatic rings. The van der Waals surface area contributed by atoms with Crippen LogP contribution in [0.1, 0.15) is 22.5 Å². The molecule has 0 atom stereocenters. The third-order valence-electron chi connectivity index (χ3n) is 10.6. The maximum atomic E-state index is 5.48. The molecule has 0 bridgehead atoms. The Morgan fingerprint density at radius 1 is 0.300 bits per heavy atom. The number of aromatic nitrogens is 6. The summed E-state index contributed by atoms with van der Waals surface area (Å²) in [4.78, 5) is 40.0. The first-order valence-corrected chi connectivity index (χ1v) is 19.6. The van der Waals surface area contributed by atoms with Crippen molar-refractivity contribution in [3.8, 4) is 45.0 Å². The van der Waals surface area contributed by atoms with E-state index in [4.69, 9.17) is 29.9 Å². The molecule has 0 amide bonds. The van der Waals surface area contributed by atoms with E-state index in [1.165, 1.54) is 0 Å². The van der Waals surface area contributed by atoms with Gasteiger partial charge in [-0.1, -0.05) is 97.1 Å². The van der Waals surface area contributed by atoms with Gasteiger partial charge in [0.05, 0.1) is 56.6 Å². The van der Waals surface area contributed by atoms with Crippen molar-refractivity contribution in [3.63, 3.8) is 0 Å². The average Bonchev–Trinajstić information content (AvgIpc) is 3.32. The molecule has 0 saturated heterocycles. The number of hydrogen-bond donors (Lipinski definition) is 0. The Hall–Kier alpha value is -8.36. The average molecular weight is 769 g/mol. The predicted octanol–water partition coefficient (Wildman–Crippen LogP) is 11.7. The van der Waals surface area contributed by atoms with Crippen molar-refractivity contribution in [1.29, 1.82) is 0 Å². The Balaban J connectivity index is 1.05. The fourth-order valence-corrected chi connectivity index (χ4v) is 7.62. The second kappa shape index (κ2) is 14.9. The highest BCUT2D eigenvalue weighted by Gasteiger charge is 2.24. The molecule has 0 N–H and O–H groups in total. The van der Waals surface area contributed by atoms with Crippen molar-refractivity contribution >= 4 is 44.6 Å². The lowest BCUT2D eigenvalue weighted by Gasteiger charge is -2.18. The zero-order valence-electron chi connectivity index (χ0n) is 32.1. The largest absolute Gasteiger partial charge is 0.264 e. The lowest BCUT2D eigenvalue weighted by Crippen LogP contribution is -2.13. The summed E-state index contributed by atoms with van der Waals surface area (Å²) in [6.07, 6.45) is 7.20. The summed E-state index contributed by atoms with van der Waals surface area (Å²) < 4.78 is 0. The number of pyridine rings is 6. The molecule has 1 aliphatic heterocycles. The molecule has 0 spiro atoms. The van der Waals surface area contributed by atoms with Crippen LogP contribution in [0, 0.1) is 0 Å². The van der Waals surface area contributed by atoms with Crippen LogP contribution < -0.4 is 0 Å². The van der Waals surface area contributed by atoms with E-state index in [2.05, 4.69) is 82.8 Å². The Kier molecular flexibility index (Phi) is 8.63. The van der Waals surface area contributed by atoms with Crippen molar-refractivity contribution in [1.82, 2.24) is 29.9 Å². The minimum atomic E-state index is 0.683. The number of rotatable bonds is 6. The van der Waals surface area contributed by atoms with Crippen molar-refractivity contribution in [2.75, 3.05) is 0 Å². The minimum Gasteiger partial charge on any atom is -0.264 e. The van der Waals surface area contributed by atoms with Gasteiger partial charge >= 0.3 is 0 Å². The van der Waals surface area contributed by atoms with Gasteiger partial charge in [-0.15, -0.1) is 0 Å². The molecule has 10 aromatic rings. The molecular formula is C52H32N8. The second-order valence-corrected chi connectivity index (χ2v) is 14.5. The van der Waals surface area contributed by atoms with Gasteiger partial charge in [-0.25, -0.2) is 29.9 Å². The van der Waals surface area contributed by atoms with E-state index in [-0.39, 0.29) is 0 Å². The molecule has 0 unspecified atom stereocenters. The molecule has 0 radical (unpaired) electrons. The van der Waals surface area contributed by atoms with Crippen molar-refractivity contribution in [2.45, 2.75) is 0 Å². The van der Waals surface area contributed by atoms with Crippen LogP contribution in [0.5, 0.6) is 0 Å². The summed E-state index contributed by atoms with van der Waals surface area (Å²) in [7, 11) is 0. The highest BCUT2D eigenvalue weighted by molar-refractivity contribution is 6.22. The summed E-state index contributed by atoms with van der Waals surface area (Å²) >= 11 is 0. The van der Waals surface area contributed by atoms with Crippen LogP contribution in [-0.4, -0.2) is 41.3 Å². The smallest absolute Gasteiger partial charge is 0.116 e. The Labute approximate surface area is 345 Å². The number of hydrogen-bond acceptors (Lipinski definition) is 8. The zero-order chi connectivity index (χ0) is 39.8. The molecule has 0 aliphatic carbocycles. The molecule has 11 rings (SSSR count). The van der Waals surface area contributed by atoms with Gasteiger partial charge in [0.2, 0.25) is 0 Å². The van der Waals surface area contributed by atoms with Gasteiger partial charge in [0.1, 0.15) is 11.4 Å². The van der Waals surface area contributed by atoms with E-state index in [9.17, 15) is 0 Å². The zero-order valence-corrected chi connectivity index (χ0v) is 32.1. The first-order valence-electron chi connectivity index (χ1n) is 19.6. The van der Waals surface area contributed by atoms with Crippen LogP contribution in [0.4, 0.5) is 11.4 Å². The van der Waals surface area contributed by atoms with Crippen LogP contribution in [0.3, 0.4) is 0 Å². The molecule has 60 heavy (non-hydrogen) atoms. The lowest BCUT2D eigenvalue weighted by atomic mass is 9.98. The summed E-state index contributed by atoms with van der Waals surface area (Å²) in [6, 6.07) is 57.1. The summed E-state index contributed by atoms with van der Waals surface area (Å²) in [5, 5.41) is 1.96. The predicted molar refractivity (Wildman–Crippen MR) is 240 cm³/mol. The summed E-state index contributed by atoms with van der Waals surface area (Å²) in [5.41, 5.74) is 15.1. The monoisotopic (exact) mass is 768 g/mol. The van der Waals surface area contributed by atoms with Gasteiger partial charge in [-0.3, -0.25) is 9.97 Å². The molecule has 6 aromatic heterocycles. The van der Waals surface area contributed by atoms with E-state index < -0.39 is 0 Å². The van der Waals surface area contributed by atoms with Gasteiger partial charge < -0.3 is 0 Å². The molecule has 8 heteroatoms. The van der Waals surface area contributed by atoms with Gasteiger partial charge in [0, 0.05) is 68.9 Å². The van der Waals surface area contributed by atoms with E-state index in [1.54, 1.807) is 12.4 Å². The first-order chi connectivity index (χ1) is 29.7. The standard InChI is InChI=1S/C52H32N8/c1-3-13-43-37(9-1)29-47-51(57-43)49(35-23-19-33(20-24-35)41-15-5-17-45(55-41)39-11-7-27-53-31-39)60-48-30-38-10-2-4-14-44(38)58-52(48)50(59-47)36-25-21-34(22-26-36)42-16-6-18-46(56-42)40-12-8-28-54-32-40/h1-32H. The second-order valence-electron chi connectivity index (χ2n) is 14.5. The Bertz CT molecular complexity index is 3070. The van der Waals surface area contributed by atoms with E-state index >= 15 is 0 Å². The number of benzene rings is 4. The molecule has 0 fully saturated rings. The molecule has 280 valence electrons. The van der Waals surface area contributed by atoms with Gasteiger partial charge in [-0.05, 0) is 72.8 Å². The SMILES string of the molecule is c1cncc(-c2cccc(-c3ccc(C4=Nc5cc6ccccc6nc5C(c5ccc(-c6cccc(-c7cccnc7)n6)cc5)=Nc5cc6ccccc6nc54)cc3)n2)c1. The topological polar surface area (TPSA) is 102 Å². The van der Waals surface area contributed by atoms with Crippen LogP contribution >= 0.6 is 0 Å². The van der Waals surface area contributed by atoms with Gasteiger partial charge in [0.25, 0.3) is 0 Å². The van der Waals surface area contributed by atoms with E-state index in [0.717, 1.165) is 78.0 Å². The molecule has 8 nitrogen and oxygen atoms in total. The van der Waals surface area contributed by atoms with Crippen molar-refractivity contribution < 1.29 is 0 Å². The number of nitrogens with zero attached hydrogens (tertiary/aromatic N) is 8. The van der Waals surface area contributed by atoms with Crippen molar-refractivity contribution in [3.05, 3.63) is 217 Å². The number of fused-ring (bicyclic) bond motifs is 4. The van der Waals surface area contributed by atoms with Crippen LogP contribution in [0.2, 0.25) is 0 Å². The van der Waals surface area contributed by atoms with Crippen molar-refractivity contribution in [2.24, 2.45) is 9.98 Å². The van der Waals surface area contributed by atoms with Crippen LogP contribution in [-0.2, 0) is 0 Å². The van der Waals surface area contributed by atoms with Gasteiger partial charge in [-0.2, -0.15) is 0 Å². The molecular weight excluding hydrogens is 737 g/mol. The molecule has 4 aromatic carbocycles. The maximum Gasteiger partial charge on any atom is 0.116 e. The highest BCUT2D eigenvalue weighted by atomic mass is 14.9. The fraction of sp³-hybridized carbons (Fsp3) is 0. The highest BCUT2D eigenvalue weighted by Crippen LogP contribution is 2.36. The van der Waals surface area contributed by atoms with E-state index in [0.29, 0.717) is 34.2 Å². The quantitative estimate of drug-likeness (QED) is 0.167. The first kappa shape index (κ1) is 34.9. The summed E-state index contributed by atoms with van der Waals surface area (Å²) in [6.45, 7) is 0.